The van der Waals surface area contributed by atoms with Crippen molar-refractivity contribution in [2.75, 3.05) is 12.4 Å². The number of amides is 1. The monoisotopic (exact) mass is 349 g/mol. The van der Waals surface area contributed by atoms with Crippen molar-refractivity contribution in [1.29, 1.82) is 0 Å². The molecule has 1 aromatic rings. The van der Waals surface area contributed by atoms with E-state index in [2.05, 4.69) is 22.6 Å². The molecule has 0 radical (unpaired) electrons. The second-order valence-electron chi connectivity index (χ2n) is 3.90. The van der Waals surface area contributed by atoms with Crippen molar-refractivity contribution < 1.29 is 4.79 Å². The van der Waals surface area contributed by atoms with Gasteiger partial charge in [-0.3, -0.25) is 4.79 Å². The molecule has 0 bridgehead atoms. The molecule has 1 amide bonds. The second-order valence-corrected chi connectivity index (χ2v) is 5.44. The number of hydrogen-bond acceptors (Lipinski definition) is 1. The lowest BCUT2D eigenvalue weighted by Crippen LogP contribution is -2.35. The maximum atomic E-state index is 12.3. The van der Waals surface area contributed by atoms with E-state index in [4.69, 9.17) is 11.6 Å². The van der Waals surface area contributed by atoms with Gasteiger partial charge in [-0.25, -0.2) is 0 Å². The first kappa shape index (κ1) is 12.2. The summed E-state index contributed by atoms with van der Waals surface area (Å²) in [5.41, 5.74) is 0.792. The summed E-state index contributed by atoms with van der Waals surface area (Å²) in [5, 5.41) is 0. The predicted molar refractivity (Wildman–Crippen MR) is 73.9 cm³/mol. The van der Waals surface area contributed by atoms with Crippen LogP contribution in [0.1, 0.15) is 23.2 Å². The molecule has 0 atom stereocenters. The van der Waals surface area contributed by atoms with Gasteiger partial charge in [-0.15, -0.1) is 11.6 Å². The summed E-state index contributed by atoms with van der Waals surface area (Å²) in [7, 11) is 0. The minimum absolute atomic E-state index is 0.119. The molecule has 0 unspecified atom stereocenters. The largest absolute Gasteiger partial charge is 0.334 e. The number of halogens is 2. The standard InChI is InChI=1S/C12H13ClINO/c13-7-8-15(9-5-6-9)12(16)10-3-1-2-4-11(10)14/h1-4,9H,5-8H2. The van der Waals surface area contributed by atoms with E-state index in [1.165, 1.54) is 0 Å². The van der Waals surface area contributed by atoms with E-state index in [1.807, 2.05) is 29.2 Å². The highest BCUT2D eigenvalue weighted by Gasteiger charge is 2.32. The van der Waals surface area contributed by atoms with Gasteiger partial charge in [-0.2, -0.15) is 0 Å². The van der Waals surface area contributed by atoms with Crippen LogP contribution in [0.15, 0.2) is 24.3 Å². The molecule has 1 aliphatic carbocycles. The third-order valence-corrected chi connectivity index (χ3v) is 3.79. The van der Waals surface area contributed by atoms with Crippen LogP contribution in [0.5, 0.6) is 0 Å². The van der Waals surface area contributed by atoms with E-state index >= 15 is 0 Å². The Labute approximate surface area is 114 Å². The molecule has 2 nitrogen and oxygen atoms in total. The highest BCUT2D eigenvalue weighted by atomic mass is 127. The highest BCUT2D eigenvalue weighted by molar-refractivity contribution is 14.1. The van der Waals surface area contributed by atoms with E-state index in [-0.39, 0.29) is 5.91 Å². The Hall–Kier alpha value is -0.290. The van der Waals surface area contributed by atoms with Gasteiger partial charge in [0, 0.05) is 22.0 Å². The molecule has 0 spiro atoms. The molecule has 2 rings (SSSR count). The Morgan fingerprint density at radius 1 is 1.44 bits per heavy atom. The fourth-order valence-electron chi connectivity index (χ4n) is 1.72. The second kappa shape index (κ2) is 5.36. The highest BCUT2D eigenvalue weighted by Crippen LogP contribution is 2.28. The summed E-state index contributed by atoms with van der Waals surface area (Å²) >= 11 is 7.94. The van der Waals surface area contributed by atoms with Gasteiger partial charge in [-0.1, -0.05) is 12.1 Å². The van der Waals surface area contributed by atoms with Gasteiger partial charge in [-0.05, 0) is 47.6 Å². The number of carbonyl (C=O) groups excluding carboxylic acids is 1. The number of rotatable bonds is 4. The lowest BCUT2D eigenvalue weighted by atomic mass is 10.2. The van der Waals surface area contributed by atoms with Crippen LogP contribution in [0.4, 0.5) is 0 Å². The number of hydrogen-bond donors (Lipinski definition) is 0. The Morgan fingerprint density at radius 2 is 2.12 bits per heavy atom. The van der Waals surface area contributed by atoms with Crippen LogP contribution >= 0.6 is 34.2 Å². The van der Waals surface area contributed by atoms with Crippen LogP contribution in [0.25, 0.3) is 0 Å². The smallest absolute Gasteiger partial charge is 0.255 e. The van der Waals surface area contributed by atoms with Gasteiger partial charge in [0.15, 0.2) is 0 Å². The summed E-state index contributed by atoms with van der Waals surface area (Å²) in [5.74, 6) is 0.624. The molecule has 0 heterocycles. The summed E-state index contributed by atoms with van der Waals surface area (Å²) in [6, 6.07) is 8.11. The van der Waals surface area contributed by atoms with Gasteiger partial charge >= 0.3 is 0 Å². The Kier molecular flexibility index (Phi) is 4.08. The first-order valence-electron chi connectivity index (χ1n) is 5.35. The first-order valence-corrected chi connectivity index (χ1v) is 6.97. The van der Waals surface area contributed by atoms with Gasteiger partial charge < -0.3 is 4.90 Å². The average molecular weight is 350 g/mol. The van der Waals surface area contributed by atoms with Crippen molar-refractivity contribution in [3.8, 4) is 0 Å². The molecule has 1 fully saturated rings. The van der Waals surface area contributed by atoms with Crippen LogP contribution in [0.2, 0.25) is 0 Å². The van der Waals surface area contributed by atoms with E-state index in [0.29, 0.717) is 18.5 Å². The Bertz CT molecular complexity index is 392. The zero-order valence-electron chi connectivity index (χ0n) is 8.83. The normalized spacial score (nSPS) is 14.9. The van der Waals surface area contributed by atoms with Gasteiger partial charge in [0.1, 0.15) is 0 Å². The van der Waals surface area contributed by atoms with Crippen LogP contribution in [0.3, 0.4) is 0 Å². The predicted octanol–water partition coefficient (Wildman–Crippen LogP) is 3.13. The fourth-order valence-corrected chi connectivity index (χ4v) is 2.52. The van der Waals surface area contributed by atoms with Gasteiger partial charge in [0.25, 0.3) is 5.91 Å². The molecule has 4 heteroatoms. The molecule has 1 saturated carbocycles. The number of nitrogens with zero attached hydrogens (tertiary/aromatic N) is 1. The molecular weight excluding hydrogens is 336 g/mol. The van der Waals surface area contributed by atoms with Crippen molar-refractivity contribution in [1.82, 2.24) is 4.90 Å². The van der Waals surface area contributed by atoms with E-state index in [1.54, 1.807) is 0 Å². The average Bonchev–Trinajstić information content (AvgIpc) is 3.09. The molecule has 0 aliphatic heterocycles. The lowest BCUT2D eigenvalue weighted by Gasteiger charge is -2.21. The minimum Gasteiger partial charge on any atom is -0.334 e. The van der Waals surface area contributed by atoms with Crippen LogP contribution in [0, 0.1) is 3.57 Å². The molecule has 0 saturated heterocycles. The maximum Gasteiger partial charge on any atom is 0.255 e. The third kappa shape index (κ3) is 2.69. The Balaban J connectivity index is 2.19. The van der Waals surface area contributed by atoms with Crippen molar-refractivity contribution in [2.24, 2.45) is 0 Å². The molecule has 16 heavy (non-hydrogen) atoms. The molecule has 1 aromatic carbocycles. The molecule has 86 valence electrons. The third-order valence-electron chi connectivity index (χ3n) is 2.68. The van der Waals surface area contributed by atoms with Crippen LogP contribution in [-0.4, -0.2) is 29.3 Å². The van der Waals surface area contributed by atoms with Crippen LogP contribution in [-0.2, 0) is 0 Å². The van der Waals surface area contributed by atoms with E-state index < -0.39 is 0 Å². The van der Waals surface area contributed by atoms with Gasteiger partial charge in [0.2, 0.25) is 0 Å². The van der Waals surface area contributed by atoms with Crippen LogP contribution < -0.4 is 0 Å². The van der Waals surface area contributed by atoms with Crippen molar-refractivity contribution in [3.63, 3.8) is 0 Å². The van der Waals surface area contributed by atoms with Crippen molar-refractivity contribution in [3.05, 3.63) is 33.4 Å². The molecule has 0 aromatic heterocycles. The quantitative estimate of drug-likeness (QED) is 0.604. The number of benzene rings is 1. The van der Waals surface area contributed by atoms with Crippen molar-refractivity contribution >= 4 is 40.1 Å². The molecule has 0 N–H and O–H groups in total. The number of alkyl halides is 1. The topological polar surface area (TPSA) is 20.3 Å². The molecular formula is C12H13ClINO. The summed E-state index contributed by atoms with van der Waals surface area (Å²) in [6.07, 6.45) is 2.23. The first-order chi connectivity index (χ1) is 7.74. The maximum absolute atomic E-state index is 12.3. The van der Waals surface area contributed by atoms with Crippen molar-refractivity contribution in [2.45, 2.75) is 18.9 Å². The van der Waals surface area contributed by atoms with E-state index in [9.17, 15) is 4.79 Å². The zero-order chi connectivity index (χ0) is 11.5. The SMILES string of the molecule is O=C(c1ccccc1I)N(CCCl)C1CC1. The Morgan fingerprint density at radius 3 is 2.69 bits per heavy atom. The van der Waals surface area contributed by atoms with Gasteiger partial charge in [0.05, 0.1) is 5.56 Å². The number of carbonyl (C=O) groups is 1. The molecule has 1 aliphatic rings. The lowest BCUT2D eigenvalue weighted by molar-refractivity contribution is 0.0752. The zero-order valence-corrected chi connectivity index (χ0v) is 11.7. The summed E-state index contributed by atoms with van der Waals surface area (Å²) < 4.78 is 1.00. The fraction of sp³-hybridized carbons (Fsp3) is 0.417. The van der Waals surface area contributed by atoms with E-state index in [0.717, 1.165) is 22.0 Å². The summed E-state index contributed by atoms with van der Waals surface area (Å²) in [6.45, 7) is 0.649. The minimum atomic E-state index is 0.119. The summed E-state index contributed by atoms with van der Waals surface area (Å²) in [4.78, 5) is 14.2.